The second-order valence-corrected chi connectivity index (χ2v) is 5.64. The summed E-state index contributed by atoms with van der Waals surface area (Å²) in [4.78, 5) is 8.21. The molecule has 0 saturated heterocycles. The molecule has 0 aromatic carbocycles. The minimum atomic E-state index is -0.206. The molecule has 0 aliphatic heterocycles. The molecule has 0 spiro atoms. The van der Waals surface area contributed by atoms with Crippen LogP contribution in [-0.2, 0) is 12.0 Å². The summed E-state index contributed by atoms with van der Waals surface area (Å²) in [6, 6.07) is 2.06. The summed E-state index contributed by atoms with van der Waals surface area (Å²) < 4.78 is 7.65. The average Bonchev–Trinajstić information content (AvgIpc) is 3.03. The predicted molar refractivity (Wildman–Crippen MR) is 75.3 cm³/mol. The Hall–Kier alpha value is -2.29. The van der Waals surface area contributed by atoms with Crippen molar-refractivity contribution in [1.82, 2.24) is 14.5 Å². The summed E-state index contributed by atoms with van der Waals surface area (Å²) in [5.74, 6) is 1.04. The van der Waals surface area contributed by atoms with Crippen LogP contribution in [0.2, 0.25) is 0 Å². The number of aryl methyl sites for hydroxylation is 1. The van der Waals surface area contributed by atoms with E-state index in [4.69, 9.17) is 9.68 Å². The molecular weight excluding hydrogens is 254 g/mol. The minimum absolute atomic E-state index is 0.206. The van der Waals surface area contributed by atoms with Gasteiger partial charge in [-0.05, 0) is 6.42 Å². The molecule has 0 bridgehead atoms. The molecule has 2 heterocycles. The normalized spacial score (nSPS) is 11.3. The van der Waals surface area contributed by atoms with E-state index in [0.29, 0.717) is 24.0 Å². The molecule has 2 rings (SSSR count). The van der Waals surface area contributed by atoms with E-state index >= 15 is 0 Å². The fourth-order valence-corrected chi connectivity index (χ4v) is 1.72. The Balaban J connectivity index is 1.92. The van der Waals surface area contributed by atoms with Crippen LogP contribution in [-0.4, -0.2) is 21.1 Å². The van der Waals surface area contributed by atoms with Crippen molar-refractivity contribution in [2.75, 3.05) is 11.9 Å². The van der Waals surface area contributed by atoms with Gasteiger partial charge in [0.15, 0.2) is 0 Å². The third kappa shape index (κ3) is 3.38. The maximum atomic E-state index is 9.08. The van der Waals surface area contributed by atoms with Crippen LogP contribution in [0, 0.1) is 11.3 Å². The zero-order valence-electron chi connectivity index (χ0n) is 12.1. The predicted octanol–water partition coefficient (Wildman–Crippen LogP) is 2.54. The van der Waals surface area contributed by atoms with E-state index in [1.165, 1.54) is 0 Å². The number of rotatable bonds is 5. The molecule has 106 valence electrons. The monoisotopic (exact) mass is 273 g/mol. The highest BCUT2D eigenvalue weighted by Crippen LogP contribution is 2.26. The summed E-state index contributed by atoms with van der Waals surface area (Å²) in [7, 11) is 0. The summed E-state index contributed by atoms with van der Waals surface area (Å²) in [5.41, 5.74) is 0.111. The van der Waals surface area contributed by atoms with Gasteiger partial charge >= 0.3 is 0 Å². The molecule has 0 amide bonds. The zero-order valence-corrected chi connectivity index (χ0v) is 12.1. The fraction of sp³-hybridized carbons (Fsp3) is 0.500. The molecule has 6 nitrogen and oxygen atoms in total. The number of imidazole rings is 1. The van der Waals surface area contributed by atoms with Crippen LogP contribution in [0.15, 0.2) is 23.1 Å². The van der Waals surface area contributed by atoms with E-state index < -0.39 is 0 Å². The Morgan fingerprint density at radius 1 is 1.45 bits per heavy atom. The van der Waals surface area contributed by atoms with Crippen LogP contribution < -0.4 is 5.32 Å². The first kappa shape index (κ1) is 14.1. The molecular formula is C14H19N5O. The van der Waals surface area contributed by atoms with E-state index in [-0.39, 0.29) is 5.41 Å². The van der Waals surface area contributed by atoms with Crippen LogP contribution in [0.1, 0.15) is 38.8 Å². The first-order valence-electron chi connectivity index (χ1n) is 6.61. The van der Waals surface area contributed by atoms with Gasteiger partial charge in [0.05, 0.1) is 6.33 Å². The number of anilines is 1. The maximum absolute atomic E-state index is 9.08. The quantitative estimate of drug-likeness (QED) is 0.847. The van der Waals surface area contributed by atoms with E-state index in [0.717, 1.165) is 13.0 Å². The third-order valence-corrected chi connectivity index (χ3v) is 2.81. The van der Waals surface area contributed by atoms with Gasteiger partial charge in [0.25, 0.3) is 0 Å². The van der Waals surface area contributed by atoms with Crippen LogP contribution in [0.5, 0.6) is 0 Å². The van der Waals surface area contributed by atoms with Gasteiger partial charge in [-0.15, -0.1) is 0 Å². The molecule has 0 fully saturated rings. The first-order valence-corrected chi connectivity index (χ1v) is 6.61. The van der Waals surface area contributed by atoms with Crippen LogP contribution in [0.4, 0.5) is 5.88 Å². The van der Waals surface area contributed by atoms with Gasteiger partial charge in [-0.3, -0.25) is 0 Å². The molecule has 6 heteroatoms. The Kier molecular flexibility index (Phi) is 4.08. The molecule has 0 saturated carbocycles. The van der Waals surface area contributed by atoms with E-state index in [1.807, 2.05) is 31.5 Å². The summed E-state index contributed by atoms with van der Waals surface area (Å²) in [5, 5.41) is 12.2. The molecule has 2 aromatic rings. The van der Waals surface area contributed by atoms with Crippen molar-refractivity contribution in [1.29, 1.82) is 5.26 Å². The van der Waals surface area contributed by atoms with Crippen molar-refractivity contribution in [3.05, 3.63) is 30.3 Å². The van der Waals surface area contributed by atoms with Crippen molar-refractivity contribution < 1.29 is 4.42 Å². The Morgan fingerprint density at radius 3 is 2.85 bits per heavy atom. The molecule has 2 aromatic heterocycles. The number of nitrogens with one attached hydrogen (secondary N) is 1. The Labute approximate surface area is 118 Å². The van der Waals surface area contributed by atoms with Gasteiger partial charge in [0.2, 0.25) is 17.5 Å². The zero-order chi connectivity index (χ0) is 14.6. The molecule has 0 aliphatic carbocycles. The molecule has 20 heavy (non-hydrogen) atoms. The maximum Gasteiger partial charge on any atom is 0.232 e. The van der Waals surface area contributed by atoms with Crippen molar-refractivity contribution in [2.24, 2.45) is 0 Å². The lowest BCUT2D eigenvalue weighted by Gasteiger charge is -2.12. The van der Waals surface area contributed by atoms with Gasteiger partial charge in [-0.25, -0.2) is 4.98 Å². The second kappa shape index (κ2) is 5.78. The number of oxazole rings is 1. The standard InChI is InChI=1S/C14H19N5O/c1-14(2,3)13-18-11(9-15)12(20-13)17-5-4-7-19-8-6-16-10-19/h6,8,10,17H,4-5,7H2,1-3H3. The largest absolute Gasteiger partial charge is 0.423 e. The van der Waals surface area contributed by atoms with Crippen molar-refractivity contribution in [3.8, 4) is 6.07 Å². The summed E-state index contributed by atoms with van der Waals surface area (Å²) in [6.45, 7) is 7.59. The second-order valence-electron chi connectivity index (χ2n) is 5.64. The molecule has 0 atom stereocenters. The van der Waals surface area contributed by atoms with Gasteiger partial charge in [-0.1, -0.05) is 20.8 Å². The number of hydrogen-bond acceptors (Lipinski definition) is 5. The average molecular weight is 273 g/mol. The van der Waals surface area contributed by atoms with E-state index in [2.05, 4.69) is 21.4 Å². The van der Waals surface area contributed by atoms with Crippen LogP contribution in [0.3, 0.4) is 0 Å². The highest BCUT2D eigenvalue weighted by molar-refractivity contribution is 5.45. The van der Waals surface area contributed by atoms with Crippen LogP contribution >= 0.6 is 0 Å². The van der Waals surface area contributed by atoms with E-state index in [9.17, 15) is 0 Å². The number of hydrogen-bond donors (Lipinski definition) is 1. The highest BCUT2D eigenvalue weighted by atomic mass is 16.4. The molecule has 0 radical (unpaired) electrons. The molecule has 1 N–H and O–H groups in total. The Bertz CT molecular complexity index is 586. The topological polar surface area (TPSA) is 79.7 Å². The van der Waals surface area contributed by atoms with Gasteiger partial charge in [0, 0.05) is 30.9 Å². The lowest BCUT2D eigenvalue weighted by atomic mass is 9.97. The van der Waals surface area contributed by atoms with E-state index in [1.54, 1.807) is 12.5 Å². The summed E-state index contributed by atoms with van der Waals surface area (Å²) >= 11 is 0. The van der Waals surface area contributed by atoms with Crippen LogP contribution in [0.25, 0.3) is 0 Å². The minimum Gasteiger partial charge on any atom is -0.423 e. The van der Waals surface area contributed by atoms with Gasteiger partial charge in [-0.2, -0.15) is 10.2 Å². The number of nitrogens with zero attached hydrogens (tertiary/aromatic N) is 4. The van der Waals surface area contributed by atoms with Crippen molar-refractivity contribution in [3.63, 3.8) is 0 Å². The molecule has 0 unspecified atom stereocenters. The van der Waals surface area contributed by atoms with Gasteiger partial charge < -0.3 is 14.3 Å². The summed E-state index contributed by atoms with van der Waals surface area (Å²) in [6.07, 6.45) is 6.37. The highest BCUT2D eigenvalue weighted by Gasteiger charge is 2.23. The fourth-order valence-electron chi connectivity index (χ4n) is 1.72. The van der Waals surface area contributed by atoms with Gasteiger partial charge in [0.1, 0.15) is 6.07 Å². The Morgan fingerprint density at radius 2 is 2.25 bits per heavy atom. The number of nitriles is 1. The lowest BCUT2D eigenvalue weighted by molar-refractivity contribution is 0.399. The SMILES string of the molecule is CC(C)(C)c1nc(C#N)c(NCCCn2ccnc2)o1. The third-order valence-electron chi connectivity index (χ3n) is 2.81. The molecule has 0 aliphatic rings. The lowest BCUT2D eigenvalue weighted by Crippen LogP contribution is -2.11. The first-order chi connectivity index (χ1) is 9.50. The smallest absolute Gasteiger partial charge is 0.232 e. The van der Waals surface area contributed by atoms with Crippen molar-refractivity contribution >= 4 is 5.88 Å². The van der Waals surface area contributed by atoms with Crippen molar-refractivity contribution in [2.45, 2.75) is 39.2 Å². The number of aromatic nitrogens is 3.